The lowest BCUT2D eigenvalue weighted by Crippen LogP contribution is -2.59. The third kappa shape index (κ3) is 3.21. The van der Waals surface area contributed by atoms with Crippen molar-refractivity contribution in [1.29, 1.82) is 0 Å². The highest BCUT2D eigenvalue weighted by molar-refractivity contribution is 5.98. The van der Waals surface area contributed by atoms with E-state index in [0.29, 0.717) is 30.8 Å². The minimum atomic E-state index is -0.522. The van der Waals surface area contributed by atoms with Crippen molar-refractivity contribution in [3.05, 3.63) is 35.1 Å². The second kappa shape index (κ2) is 6.22. The van der Waals surface area contributed by atoms with Crippen LogP contribution in [0.15, 0.2) is 18.2 Å². The van der Waals surface area contributed by atoms with Crippen LogP contribution in [0.2, 0.25) is 0 Å². The quantitative estimate of drug-likeness (QED) is 0.870. The number of hydrogen-bond acceptors (Lipinski definition) is 3. The number of hydrogen-bond donors (Lipinski definition) is 1. The number of benzene rings is 1. The highest BCUT2D eigenvalue weighted by Gasteiger charge is 2.33. The maximum atomic E-state index is 13.2. The standard InChI is InChI=1S/C15H20FN3O2/c1-10-8-11(16)4-5-12(10)14(20)19-7-6-17-9-13(19)15(21)18(2)3/h4-5,8,13,17H,6-7,9H2,1-3H3. The molecule has 6 heteroatoms. The molecule has 2 amide bonds. The van der Waals surface area contributed by atoms with Gasteiger partial charge in [-0.3, -0.25) is 9.59 Å². The molecule has 1 N–H and O–H groups in total. The Hall–Kier alpha value is -1.95. The molecule has 114 valence electrons. The molecule has 0 spiro atoms. The van der Waals surface area contributed by atoms with Crippen LogP contribution in [-0.4, -0.2) is 61.4 Å². The van der Waals surface area contributed by atoms with Crippen LogP contribution in [0.1, 0.15) is 15.9 Å². The Kier molecular flexibility index (Phi) is 4.57. The maximum Gasteiger partial charge on any atom is 0.254 e. The first kappa shape index (κ1) is 15.4. The predicted octanol–water partition coefficient (Wildman–Crippen LogP) is 0.636. The van der Waals surface area contributed by atoms with Crippen molar-refractivity contribution in [3.8, 4) is 0 Å². The molecule has 1 aromatic rings. The van der Waals surface area contributed by atoms with E-state index in [1.165, 1.54) is 23.1 Å². The van der Waals surface area contributed by atoms with Crippen LogP contribution >= 0.6 is 0 Å². The van der Waals surface area contributed by atoms with Gasteiger partial charge in [0.25, 0.3) is 5.91 Å². The van der Waals surface area contributed by atoms with Gasteiger partial charge in [-0.05, 0) is 30.7 Å². The highest BCUT2D eigenvalue weighted by atomic mass is 19.1. The molecule has 0 bridgehead atoms. The SMILES string of the molecule is Cc1cc(F)ccc1C(=O)N1CCNCC1C(=O)N(C)C. The van der Waals surface area contributed by atoms with Gasteiger partial charge in [-0.15, -0.1) is 0 Å². The van der Waals surface area contributed by atoms with E-state index in [4.69, 9.17) is 0 Å². The lowest BCUT2D eigenvalue weighted by molar-refractivity contribution is -0.134. The van der Waals surface area contributed by atoms with Crippen molar-refractivity contribution in [2.45, 2.75) is 13.0 Å². The monoisotopic (exact) mass is 293 g/mol. The average molecular weight is 293 g/mol. The third-order valence-corrected chi connectivity index (χ3v) is 3.65. The van der Waals surface area contributed by atoms with Gasteiger partial charge in [0.15, 0.2) is 0 Å². The predicted molar refractivity (Wildman–Crippen MR) is 77.5 cm³/mol. The van der Waals surface area contributed by atoms with Crippen molar-refractivity contribution in [3.63, 3.8) is 0 Å². The van der Waals surface area contributed by atoms with Gasteiger partial charge in [0, 0.05) is 39.3 Å². The largest absolute Gasteiger partial charge is 0.347 e. The Morgan fingerprint density at radius 1 is 1.38 bits per heavy atom. The van der Waals surface area contributed by atoms with Crippen LogP contribution in [0.3, 0.4) is 0 Å². The van der Waals surface area contributed by atoms with Crippen LogP contribution in [0.25, 0.3) is 0 Å². The first-order chi connectivity index (χ1) is 9.91. The van der Waals surface area contributed by atoms with E-state index in [1.807, 2.05) is 0 Å². The summed E-state index contributed by atoms with van der Waals surface area (Å²) in [5, 5.41) is 3.13. The second-order valence-corrected chi connectivity index (χ2v) is 5.41. The fourth-order valence-corrected chi connectivity index (χ4v) is 2.49. The van der Waals surface area contributed by atoms with Gasteiger partial charge in [0.1, 0.15) is 11.9 Å². The molecule has 1 aliphatic heterocycles. The summed E-state index contributed by atoms with van der Waals surface area (Å²) in [4.78, 5) is 27.9. The minimum Gasteiger partial charge on any atom is -0.347 e. The van der Waals surface area contributed by atoms with Gasteiger partial charge < -0.3 is 15.1 Å². The molecule has 1 atom stereocenters. The van der Waals surface area contributed by atoms with E-state index in [0.717, 1.165) is 0 Å². The summed E-state index contributed by atoms with van der Waals surface area (Å²) < 4.78 is 13.2. The van der Waals surface area contributed by atoms with Gasteiger partial charge in [0.05, 0.1) is 0 Å². The van der Waals surface area contributed by atoms with E-state index < -0.39 is 6.04 Å². The van der Waals surface area contributed by atoms with Crippen molar-refractivity contribution in [1.82, 2.24) is 15.1 Å². The normalized spacial score (nSPS) is 18.5. The van der Waals surface area contributed by atoms with Crippen molar-refractivity contribution in [2.24, 2.45) is 0 Å². The molecule has 1 aromatic carbocycles. The van der Waals surface area contributed by atoms with Crippen molar-refractivity contribution >= 4 is 11.8 Å². The lowest BCUT2D eigenvalue weighted by Gasteiger charge is -2.36. The molecule has 1 heterocycles. The van der Waals surface area contributed by atoms with Gasteiger partial charge in [0.2, 0.25) is 5.91 Å². The highest BCUT2D eigenvalue weighted by Crippen LogP contribution is 2.16. The Morgan fingerprint density at radius 3 is 2.71 bits per heavy atom. The van der Waals surface area contributed by atoms with Crippen LogP contribution in [0, 0.1) is 12.7 Å². The number of carbonyl (C=O) groups excluding carboxylic acids is 2. The maximum absolute atomic E-state index is 13.2. The summed E-state index contributed by atoms with van der Waals surface area (Å²) in [6, 6.07) is 3.56. The molecule has 0 radical (unpaired) electrons. The molecule has 1 aliphatic rings. The van der Waals surface area contributed by atoms with E-state index >= 15 is 0 Å². The molecule has 1 saturated heterocycles. The van der Waals surface area contributed by atoms with Crippen molar-refractivity contribution < 1.29 is 14.0 Å². The number of likely N-dealkylation sites (N-methyl/N-ethyl adjacent to an activating group) is 1. The first-order valence-corrected chi connectivity index (χ1v) is 6.91. The van der Waals surface area contributed by atoms with Gasteiger partial charge >= 0.3 is 0 Å². The zero-order valence-corrected chi connectivity index (χ0v) is 12.5. The number of piperazine rings is 1. The summed E-state index contributed by atoms with van der Waals surface area (Å²) in [5.41, 5.74) is 1.02. The average Bonchev–Trinajstić information content (AvgIpc) is 2.45. The Morgan fingerprint density at radius 2 is 2.10 bits per heavy atom. The molecule has 0 saturated carbocycles. The summed E-state index contributed by atoms with van der Waals surface area (Å²) in [6.07, 6.45) is 0. The lowest BCUT2D eigenvalue weighted by atomic mass is 10.0. The Balaban J connectivity index is 2.28. The molecule has 1 unspecified atom stereocenters. The summed E-state index contributed by atoms with van der Waals surface area (Å²) >= 11 is 0. The van der Waals surface area contributed by atoms with E-state index in [-0.39, 0.29) is 17.6 Å². The molecule has 2 rings (SSSR count). The number of nitrogens with one attached hydrogen (secondary N) is 1. The number of rotatable bonds is 2. The third-order valence-electron chi connectivity index (χ3n) is 3.65. The fourth-order valence-electron chi connectivity index (χ4n) is 2.49. The molecule has 5 nitrogen and oxygen atoms in total. The first-order valence-electron chi connectivity index (χ1n) is 6.91. The van der Waals surface area contributed by atoms with Gasteiger partial charge in [-0.25, -0.2) is 4.39 Å². The Labute approximate surface area is 123 Å². The van der Waals surface area contributed by atoms with E-state index in [9.17, 15) is 14.0 Å². The van der Waals surface area contributed by atoms with Crippen molar-refractivity contribution in [2.75, 3.05) is 33.7 Å². The Bertz CT molecular complexity index is 560. The molecule has 0 aliphatic carbocycles. The van der Waals surface area contributed by atoms with Crippen LogP contribution in [0.4, 0.5) is 4.39 Å². The summed E-state index contributed by atoms with van der Waals surface area (Å²) in [5.74, 6) is -0.713. The summed E-state index contributed by atoms with van der Waals surface area (Å²) in [6.45, 7) is 3.23. The smallest absolute Gasteiger partial charge is 0.254 e. The number of carbonyl (C=O) groups is 2. The molecular formula is C15H20FN3O2. The van der Waals surface area contributed by atoms with Crippen LogP contribution < -0.4 is 5.32 Å². The zero-order valence-electron chi connectivity index (χ0n) is 12.5. The number of aryl methyl sites for hydroxylation is 1. The van der Waals surface area contributed by atoms with Crippen LogP contribution in [-0.2, 0) is 4.79 Å². The minimum absolute atomic E-state index is 0.115. The number of amides is 2. The second-order valence-electron chi connectivity index (χ2n) is 5.41. The van der Waals surface area contributed by atoms with Crippen LogP contribution in [0.5, 0.6) is 0 Å². The molecule has 0 aromatic heterocycles. The molecule has 1 fully saturated rings. The molecule has 21 heavy (non-hydrogen) atoms. The zero-order chi connectivity index (χ0) is 15.6. The topological polar surface area (TPSA) is 52.7 Å². The van der Waals surface area contributed by atoms with E-state index in [1.54, 1.807) is 25.9 Å². The summed E-state index contributed by atoms with van der Waals surface area (Å²) in [7, 11) is 3.34. The number of nitrogens with zero attached hydrogens (tertiary/aromatic N) is 2. The van der Waals surface area contributed by atoms with Gasteiger partial charge in [-0.1, -0.05) is 0 Å². The number of halogens is 1. The van der Waals surface area contributed by atoms with E-state index in [2.05, 4.69) is 5.32 Å². The van der Waals surface area contributed by atoms with Gasteiger partial charge in [-0.2, -0.15) is 0 Å². The fraction of sp³-hybridized carbons (Fsp3) is 0.467. The molecular weight excluding hydrogens is 273 g/mol.